The highest BCUT2D eigenvalue weighted by atomic mass is 79.9. The van der Waals surface area contributed by atoms with E-state index in [4.69, 9.17) is 23.7 Å². The number of carbonyl (C=O) groups is 2. The molecule has 1 aliphatic rings. The number of esters is 2. The highest BCUT2D eigenvalue weighted by molar-refractivity contribution is 9.10. The molecule has 0 aliphatic carbocycles. The lowest BCUT2D eigenvalue weighted by atomic mass is 9.89. The molecule has 32 heavy (non-hydrogen) atoms. The minimum absolute atomic E-state index is 0.0472. The van der Waals surface area contributed by atoms with Gasteiger partial charge in [-0.15, -0.1) is 0 Å². The van der Waals surface area contributed by atoms with E-state index in [-0.39, 0.29) is 24.4 Å². The van der Waals surface area contributed by atoms with Crippen molar-refractivity contribution >= 4 is 38.6 Å². The van der Waals surface area contributed by atoms with E-state index in [0.29, 0.717) is 11.3 Å². The van der Waals surface area contributed by atoms with Gasteiger partial charge in [0.25, 0.3) is 0 Å². The van der Waals surface area contributed by atoms with Crippen molar-refractivity contribution in [3.05, 3.63) is 51.5 Å². The van der Waals surface area contributed by atoms with Crippen LogP contribution in [0.3, 0.4) is 0 Å². The number of fused-ring (bicyclic) bond motifs is 1. The van der Waals surface area contributed by atoms with E-state index in [1.165, 1.54) is 14.2 Å². The summed E-state index contributed by atoms with van der Waals surface area (Å²) in [6.07, 6.45) is 0. The number of hydrogen-bond donors (Lipinski definition) is 0. The molecule has 0 saturated heterocycles. The van der Waals surface area contributed by atoms with Crippen LogP contribution in [0.1, 0.15) is 33.3 Å². The Morgan fingerprint density at radius 2 is 1.53 bits per heavy atom. The predicted molar refractivity (Wildman–Crippen MR) is 122 cm³/mol. The Morgan fingerprint density at radius 1 is 0.969 bits per heavy atom. The van der Waals surface area contributed by atoms with Crippen molar-refractivity contribution < 1.29 is 33.3 Å². The van der Waals surface area contributed by atoms with Crippen molar-refractivity contribution in [1.82, 2.24) is 0 Å². The third-order valence-corrected chi connectivity index (χ3v) is 5.99. The lowest BCUT2D eigenvalue weighted by Crippen LogP contribution is -2.38. The van der Waals surface area contributed by atoms with E-state index in [2.05, 4.69) is 15.9 Å². The number of carbonyl (C=O) groups excluding carboxylic acids is 2. The van der Waals surface area contributed by atoms with Crippen molar-refractivity contribution in [2.24, 2.45) is 0 Å². The fraction of sp³-hybridized carbons (Fsp3) is 0.417. The summed E-state index contributed by atoms with van der Waals surface area (Å²) in [5, 5.41) is 1.69. The first-order valence-electron chi connectivity index (χ1n) is 10.3. The summed E-state index contributed by atoms with van der Waals surface area (Å²) < 4.78 is 29.4. The molecule has 0 fully saturated rings. The van der Waals surface area contributed by atoms with Gasteiger partial charge >= 0.3 is 11.9 Å². The monoisotopic (exact) mass is 506 g/mol. The summed E-state index contributed by atoms with van der Waals surface area (Å²) in [4.78, 5) is 26.2. The standard InChI is InChI=1S/C24H27BrO7/c1-7-30-21(26)18-19(22(27)31-8-2)24(29-6,32-23(18,3)4)16-13-17(25)14-11-9-10-12-15(14)20(16)28-5/h9-13H,7-8H2,1-6H3. The van der Waals surface area contributed by atoms with Gasteiger partial charge in [0.05, 0.1) is 37.1 Å². The van der Waals surface area contributed by atoms with E-state index in [1.54, 1.807) is 33.8 Å². The molecule has 1 atom stereocenters. The Kier molecular flexibility index (Phi) is 6.97. The van der Waals surface area contributed by atoms with Gasteiger partial charge in [-0.1, -0.05) is 40.2 Å². The van der Waals surface area contributed by atoms with E-state index in [9.17, 15) is 9.59 Å². The fourth-order valence-electron chi connectivity index (χ4n) is 4.13. The lowest BCUT2D eigenvalue weighted by Gasteiger charge is -2.34. The van der Waals surface area contributed by atoms with Gasteiger partial charge in [-0.25, -0.2) is 9.59 Å². The number of methoxy groups -OCH3 is 2. The van der Waals surface area contributed by atoms with Gasteiger partial charge in [0.1, 0.15) is 11.3 Å². The van der Waals surface area contributed by atoms with Crippen LogP contribution < -0.4 is 4.74 Å². The van der Waals surface area contributed by atoms with Crippen molar-refractivity contribution in [2.45, 2.75) is 39.1 Å². The fourth-order valence-corrected chi connectivity index (χ4v) is 4.70. The molecule has 0 saturated carbocycles. The maximum Gasteiger partial charge on any atom is 0.340 e. The summed E-state index contributed by atoms with van der Waals surface area (Å²) >= 11 is 3.61. The maximum atomic E-state index is 13.2. The molecule has 1 unspecified atom stereocenters. The van der Waals surface area contributed by atoms with Gasteiger partial charge in [-0.2, -0.15) is 0 Å². The summed E-state index contributed by atoms with van der Waals surface area (Å²) in [6, 6.07) is 9.40. The Bertz CT molecular complexity index is 1090. The molecule has 172 valence electrons. The van der Waals surface area contributed by atoms with Gasteiger partial charge in [-0.05, 0) is 39.1 Å². The summed E-state index contributed by atoms with van der Waals surface area (Å²) in [5.74, 6) is -2.71. The summed E-state index contributed by atoms with van der Waals surface area (Å²) in [7, 11) is 2.94. The SMILES string of the molecule is CCOC(=O)C1=C(C(=O)OCC)C(OC)(c2cc(Br)c3ccccc3c2OC)OC1(C)C. The molecular formula is C24H27BrO7. The number of ether oxygens (including phenoxy) is 5. The summed E-state index contributed by atoms with van der Waals surface area (Å²) in [5.41, 5.74) is -0.812. The number of hydrogen-bond acceptors (Lipinski definition) is 7. The van der Waals surface area contributed by atoms with E-state index in [0.717, 1.165) is 15.2 Å². The van der Waals surface area contributed by atoms with Crippen LogP contribution in [0.4, 0.5) is 0 Å². The minimum atomic E-state index is -1.77. The Hall–Kier alpha value is -2.42. The normalized spacial score (nSPS) is 19.8. The molecule has 1 heterocycles. The zero-order valence-electron chi connectivity index (χ0n) is 19.0. The number of halogens is 1. The third-order valence-electron chi connectivity index (χ3n) is 5.33. The van der Waals surface area contributed by atoms with Gasteiger partial charge in [0.2, 0.25) is 5.79 Å². The molecule has 0 N–H and O–H groups in total. The minimum Gasteiger partial charge on any atom is -0.496 e. The molecule has 1 aliphatic heterocycles. The topological polar surface area (TPSA) is 80.3 Å². The van der Waals surface area contributed by atoms with Crippen molar-refractivity contribution in [3.8, 4) is 5.75 Å². The smallest absolute Gasteiger partial charge is 0.340 e. The van der Waals surface area contributed by atoms with Crippen LogP contribution in [0.5, 0.6) is 5.75 Å². The van der Waals surface area contributed by atoms with Crippen LogP contribution in [0.2, 0.25) is 0 Å². The molecule has 2 aromatic carbocycles. The largest absolute Gasteiger partial charge is 0.496 e. The molecule has 7 nitrogen and oxygen atoms in total. The molecule has 2 aromatic rings. The molecule has 0 amide bonds. The van der Waals surface area contributed by atoms with Crippen LogP contribution in [0, 0.1) is 0 Å². The van der Waals surface area contributed by atoms with Crippen LogP contribution in [-0.2, 0) is 34.3 Å². The molecule has 0 spiro atoms. The molecule has 0 bridgehead atoms. The second-order valence-electron chi connectivity index (χ2n) is 7.61. The first kappa shape index (κ1) is 24.2. The maximum absolute atomic E-state index is 13.2. The molecule has 8 heteroatoms. The molecule has 0 radical (unpaired) electrons. The van der Waals surface area contributed by atoms with E-state index in [1.807, 2.05) is 24.3 Å². The van der Waals surface area contributed by atoms with Gasteiger partial charge in [0.15, 0.2) is 0 Å². The molecule has 0 aromatic heterocycles. The van der Waals surface area contributed by atoms with Gasteiger partial charge < -0.3 is 23.7 Å². The Balaban J connectivity index is 2.43. The van der Waals surface area contributed by atoms with Crippen LogP contribution in [0.25, 0.3) is 10.8 Å². The third kappa shape index (κ3) is 3.80. The van der Waals surface area contributed by atoms with Crippen molar-refractivity contribution in [1.29, 1.82) is 0 Å². The second kappa shape index (κ2) is 9.21. The van der Waals surface area contributed by atoms with E-state index >= 15 is 0 Å². The number of benzene rings is 2. The first-order valence-corrected chi connectivity index (χ1v) is 11.1. The average Bonchev–Trinajstić information content (AvgIpc) is 3.02. The van der Waals surface area contributed by atoms with Crippen molar-refractivity contribution in [3.63, 3.8) is 0 Å². The Labute approximate surface area is 195 Å². The zero-order valence-corrected chi connectivity index (χ0v) is 20.6. The van der Waals surface area contributed by atoms with Gasteiger partial charge in [-0.3, -0.25) is 0 Å². The lowest BCUT2D eigenvalue weighted by molar-refractivity contribution is -0.232. The van der Waals surface area contributed by atoms with Crippen LogP contribution in [0.15, 0.2) is 46.0 Å². The quantitative estimate of drug-likeness (QED) is 0.505. The molecule has 3 rings (SSSR count). The van der Waals surface area contributed by atoms with Gasteiger partial charge in [0, 0.05) is 17.0 Å². The van der Waals surface area contributed by atoms with Crippen LogP contribution >= 0.6 is 15.9 Å². The van der Waals surface area contributed by atoms with Crippen LogP contribution in [-0.4, -0.2) is 45.0 Å². The highest BCUT2D eigenvalue weighted by Crippen LogP contribution is 2.54. The average molecular weight is 507 g/mol. The molecular weight excluding hydrogens is 480 g/mol. The number of rotatable bonds is 7. The zero-order chi connectivity index (χ0) is 23.7. The predicted octanol–water partition coefficient (Wildman–Crippen LogP) is 4.64. The summed E-state index contributed by atoms with van der Waals surface area (Å²) in [6.45, 7) is 6.99. The van der Waals surface area contributed by atoms with E-state index < -0.39 is 23.3 Å². The van der Waals surface area contributed by atoms with Crippen molar-refractivity contribution in [2.75, 3.05) is 27.4 Å². The first-order chi connectivity index (χ1) is 15.2. The highest BCUT2D eigenvalue weighted by Gasteiger charge is 2.59. The second-order valence-corrected chi connectivity index (χ2v) is 8.46. The Morgan fingerprint density at radius 3 is 2.06 bits per heavy atom.